The van der Waals surface area contributed by atoms with E-state index in [-0.39, 0.29) is 17.9 Å². The molecule has 1 aromatic rings. The molecule has 6 heteroatoms. The maximum Gasteiger partial charge on any atom is 0.410 e. The van der Waals surface area contributed by atoms with Crippen molar-refractivity contribution in [3.63, 3.8) is 0 Å². The van der Waals surface area contributed by atoms with Gasteiger partial charge >= 0.3 is 6.09 Å². The van der Waals surface area contributed by atoms with Gasteiger partial charge in [0.05, 0.1) is 5.92 Å². The van der Waals surface area contributed by atoms with Crippen molar-refractivity contribution in [2.75, 3.05) is 31.9 Å². The zero-order chi connectivity index (χ0) is 20.1. The smallest absolute Gasteiger partial charge is 0.410 e. The number of nitrogens with zero attached hydrogens (tertiary/aromatic N) is 2. The van der Waals surface area contributed by atoms with Crippen molar-refractivity contribution >= 4 is 23.8 Å². The van der Waals surface area contributed by atoms with Crippen molar-refractivity contribution in [2.45, 2.75) is 50.9 Å². The molecule has 0 N–H and O–H groups in total. The molecule has 0 saturated carbocycles. The number of rotatable bonds is 2. The lowest BCUT2D eigenvalue weighted by molar-refractivity contribution is -0.136. The zero-order valence-corrected chi connectivity index (χ0v) is 18.0. The minimum absolute atomic E-state index is 0.112. The molecular formula is C22H32N2O3S. The summed E-state index contributed by atoms with van der Waals surface area (Å²) in [5, 5.41) is 0.448. The number of ether oxygens (including phenoxy) is 1. The second-order valence-electron chi connectivity index (χ2n) is 8.65. The highest BCUT2D eigenvalue weighted by atomic mass is 32.2. The topological polar surface area (TPSA) is 49.9 Å². The highest BCUT2D eigenvalue weighted by Gasteiger charge is 2.34. The van der Waals surface area contributed by atoms with E-state index in [1.807, 2.05) is 43.5 Å². The second kappa shape index (κ2) is 9.21. The SMILES string of the molecule is CC(C)(C)OC(=O)N1CCCC(C(=O)N2CCSC(c3ccccc3)CC2)C1. The fraction of sp³-hybridized carbons (Fsp3) is 0.636. The van der Waals surface area contributed by atoms with Gasteiger partial charge in [0.1, 0.15) is 5.60 Å². The molecule has 2 saturated heterocycles. The number of thioether (sulfide) groups is 1. The maximum atomic E-state index is 13.1. The van der Waals surface area contributed by atoms with Crippen molar-refractivity contribution < 1.29 is 14.3 Å². The quantitative estimate of drug-likeness (QED) is 0.736. The van der Waals surface area contributed by atoms with Gasteiger partial charge in [-0.25, -0.2) is 4.79 Å². The Balaban J connectivity index is 1.56. The first-order valence-electron chi connectivity index (χ1n) is 10.3. The Hall–Kier alpha value is -1.69. The van der Waals surface area contributed by atoms with Crippen LogP contribution in [0.3, 0.4) is 0 Å². The van der Waals surface area contributed by atoms with Crippen LogP contribution >= 0.6 is 11.8 Å². The van der Waals surface area contributed by atoms with Crippen LogP contribution in [0.15, 0.2) is 30.3 Å². The predicted octanol–water partition coefficient (Wildman–Crippen LogP) is 4.34. The number of hydrogen-bond donors (Lipinski definition) is 0. The van der Waals surface area contributed by atoms with Crippen LogP contribution < -0.4 is 0 Å². The monoisotopic (exact) mass is 404 g/mol. The van der Waals surface area contributed by atoms with Crippen molar-refractivity contribution in [1.82, 2.24) is 9.80 Å². The van der Waals surface area contributed by atoms with Gasteiger partial charge in [-0.15, -0.1) is 0 Å². The highest BCUT2D eigenvalue weighted by molar-refractivity contribution is 7.99. The Kier molecular flexibility index (Phi) is 6.91. The largest absolute Gasteiger partial charge is 0.444 e. The third-order valence-corrected chi connectivity index (χ3v) is 6.58. The molecule has 154 valence electrons. The second-order valence-corrected chi connectivity index (χ2v) is 9.96. The van der Waals surface area contributed by atoms with Gasteiger partial charge in [0, 0.05) is 37.2 Å². The van der Waals surface area contributed by atoms with Gasteiger partial charge in [0.15, 0.2) is 0 Å². The molecule has 0 aliphatic carbocycles. The lowest BCUT2D eigenvalue weighted by Crippen LogP contribution is -2.48. The van der Waals surface area contributed by atoms with E-state index in [0.717, 1.165) is 38.1 Å². The standard InChI is InChI=1S/C22H32N2O3S/c1-22(2,3)27-21(26)24-12-7-10-18(16-24)20(25)23-13-11-19(28-15-14-23)17-8-5-4-6-9-17/h4-6,8-9,18-19H,7,10-16H2,1-3H3. The van der Waals surface area contributed by atoms with E-state index in [0.29, 0.717) is 18.3 Å². The summed E-state index contributed by atoms with van der Waals surface area (Å²) in [6, 6.07) is 10.6. The first-order chi connectivity index (χ1) is 13.3. The van der Waals surface area contributed by atoms with Gasteiger partial charge in [0.25, 0.3) is 0 Å². The maximum absolute atomic E-state index is 13.1. The Morgan fingerprint density at radius 2 is 1.79 bits per heavy atom. The summed E-state index contributed by atoms with van der Waals surface area (Å²) in [5.74, 6) is 1.04. The minimum atomic E-state index is -0.511. The number of hydrogen-bond acceptors (Lipinski definition) is 4. The van der Waals surface area contributed by atoms with Gasteiger partial charge in [-0.2, -0.15) is 11.8 Å². The van der Waals surface area contributed by atoms with E-state index in [9.17, 15) is 9.59 Å². The Bertz CT molecular complexity index is 674. The van der Waals surface area contributed by atoms with Crippen molar-refractivity contribution in [2.24, 2.45) is 5.92 Å². The normalized spacial score (nSPS) is 23.8. The van der Waals surface area contributed by atoms with Gasteiger partial charge in [-0.3, -0.25) is 4.79 Å². The molecule has 0 spiro atoms. The number of likely N-dealkylation sites (tertiary alicyclic amines) is 1. The lowest BCUT2D eigenvalue weighted by atomic mass is 9.96. The summed E-state index contributed by atoms with van der Waals surface area (Å²) in [6.07, 6.45) is 2.37. The number of carbonyl (C=O) groups excluding carboxylic acids is 2. The Labute approximate surface area is 172 Å². The first kappa shape index (κ1) is 21.0. The molecule has 0 bridgehead atoms. The third-order valence-electron chi connectivity index (χ3n) is 5.25. The molecule has 2 fully saturated rings. The third kappa shape index (κ3) is 5.66. The molecule has 2 heterocycles. The van der Waals surface area contributed by atoms with Crippen LogP contribution in [0.1, 0.15) is 50.8 Å². The van der Waals surface area contributed by atoms with Gasteiger partial charge < -0.3 is 14.5 Å². The summed E-state index contributed by atoms with van der Waals surface area (Å²) >= 11 is 1.94. The molecule has 1 aromatic carbocycles. The Morgan fingerprint density at radius 1 is 1.04 bits per heavy atom. The molecule has 2 atom stereocenters. The minimum Gasteiger partial charge on any atom is -0.444 e. The lowest BCUT2D eigenvalue weighted by Gasteiger charge is -2.35. The molecule has 28 heavy (non-hydrogen) atoms. The predicted molar refractivity (Wildman–Crippen MR) is 113 cm³/mol. The van der Waals surface area contributed by atoms with E-state index in [4.69, 9.17) is 4.74 Å². The molecule has 2 aliphatic heterocycles. The molecular weight excluding hydrogens is 372 g/mol. The van der Waals surface area contributed by atoms with Gasteiger partial charge in [0.2, 0.25) is 5.91 Å². The Morgan fingerprint density at radius 3 is 2.50 bits per heavy atom. The summed E-state index contributed by atoms with van der Waals surface area (Å²) in [7, 11) is 0. The number of benzene rings is 1. The summed E-state index contributed by atoms with van der Waals surface area (Å²) in [6.45, 7) is 8.33. The van der Waals surface area contributed by atoms with Crippen molar-refractivity contribution in [3.05, 3.63) is 35.9 Å². The fourth-order valence-electron chi connectivity index (χ4n) is 3.85. The van der Waals surface area contributed by atoms with Crippen LogP contribution in [-0.4, -0.2) is 59.3 Å². The fourth-order valence-corrected chi connectivity index (χ4v) is 5.09. The van der Waals surface area contributed by atoms with Gasteiger partial charge in [-0.05, 0) is 45.6 Å². The highest BCUT2D eigenvalue weighted by Crippen LogP contribution is 2.34. The van der Waals surface area contributed by atoms with Crippen LogP contribution in [0.4, 0.5) is 4.79 Å². The molecule has 5 nitrogen and oxygen atoms in total. The summed E-state index contributed by atoms with van der Waals surface area (Å²) in [5.41, 5.74) is 0.832. The van der Waals surface area contributed by atoms with Crippen LogP contribution in [0, 0.1) is 5.92 Å². The molecule has 2 aliphatic rings. The van der Waals surface area contributed by atoms with E-state index in [1.165, 1.54) is 5.56 Å². The summed E-state index contributed by atoms with van der Waals surface area (Å²) in [4.78, 5) is 29.2. The van der Waals surface area contributed by atoms with E-state index < -0.39 is 5.60 Å². The average Bonchev–Trinajstić information content (AvgIpc) is 2.93. The summed E-state index contributed by atoms with van der Waals surface area (Å²) < 4.78 is 5.49. The molecule has 2 amide bonds. The zero-order valence-electron chi connectivity index (χ0n) is 17.2. The first-order valence-corrected chi connectivity index (χ1v) is 11.3. The van der Waals surface area contributed by atoms with Crippen LogP contribution in [-0.2, 0) is 9.53 Å². The molecule has 0 radical (unpaired) electrons. The number of amides is 2. The average molecular weight is 405 g/mol. The van der Waals surface area contributed by atoms with Crippen molar-refractivity contribution in [3.8, 4) is 0 Å². The van der Waals surface area contributed by atoms with Gasteiger partial charge in [-0.1, -0.05) is 30.3 Å². The van der Waals surface area contributed by atoms with Crippen LogP contribution in [0.5, 0.6) is 0 Å². The van der Waals surface area contributed by atoms with Crippen LogP contribution in [0.25, 0.3) is 0 Å². The number of piperidine rings is 1. The molecule has 3 rings (SSSR count). The van der Waals surface area contributed by atoms with E-state index in [1.54, 1.807) is 4.90 Å². The van der Waals surface area contributed by atoms with Crippen LogP contribution in [0.2, 0.25) is 0 Å². The van der Waals surface area contributed by atoms with E-state index >= 15 is 0 Å². The number of carbonyl (C=O) groups is 2. The van der Waals surface area contributed by atoms with Crippen molar-refractivity contribution in [1.29, 1.82) is 0 Å². The molecule has 2 unspecified atom stereocenters. The van der Waals surface area contributed by atoms with E-state index in [2.05, 4.69) is 24.3 Å². The molecule has 0 aromatic heterocycles.